The van der Waals surface area contributed by atoms with E-state index in [0.717, 1.165) is 36.0 Å². The first-order valence-electron chi connectivity index (χ1n) is 9.50. The Morgan fingerprint density at radius 2 is 2.11 bits per heavy atom. The number of amides is 1. The Morgan fingerprint density at radius 1 is 1.30 bits per heavy atom. The number of carbonyl (C=O) groups is 1. The maximum atomic E-state index is 12.7. The lowest BCUT2D eigenvalue weighted by Crippen LogP contribution is -2.40. The molecule has 0 aromatic carbocycles. The van der Waals surface area contributed by atoms with Crippen molar-refractivity contribution < 1.29 is 9.53 Å². The minimum Gasteiger partial charge on any atom is -0.444 e. The Morgan fingerprint density at radius 3 is 2.81 bits per heavy atom. The lowest BCUT2D eigenvalue weighted by atomic mass is 9.84. The molecule has 2 fully saturated rings. The summed E-state index contributed by atoms with van der Waals surface area (Å²) in [6.45, 7) is 5.72. The van der Waals surface area contributed by atoms with Crippen LogP contribution in [0.5, 0.6) is 0 Å². The van der Waals surface area contributed by atoms with Gasteiger partial charge >= 0.3 is 6.09 Å². The second-order valence-electron chi connectivity index (χ2n) is 8.47. The highest BCUT2D eigenvalue weighted by atomic mass is 16.6. The molecular formula is C21H26N4O2. The van der Waals surface area contributed by atoms with Crippen LogP contribution in [0.4, 0.5) is 10.6 Å². The Balaban J connectivity index is 1.61. The summed E-state index contributed by atoms with van der Waals surface area (Å²) in [5.74, 6) is 0.763. The molecule has 0 saturated carbocycles. The third-order valence-electron chi connectivity index (χ3n) is 5.48. The van der Waals surface area contributed by atoms with E-state index in [2.05, 4.69) is 16.0 Å². The number of hydrogen-bond donors (Lipinski definition) is 1. The van der Waals surface area contributed by atoms with Gasteiger partial charge in [-0.25, -0.2) is 9.78 Å². The maximum absolute atomic E-state index is 12.7. The number of carbonyl (C=O) groups excluding carboxylic acids is 1. The van der Waals surface area contributed by atoms with Crippen LogP contribution in [0.2, 0.25) is 0 Å². The van der Waals surface area contributed by atoms with Crippen LogP contribution in [0.15, 0.2) is 36.8 Å². The lowest BCUT2D eigenvalue weighted by molar-refractivity contribution is 0.0213. The Kier molecular flexibility index (Phi) is 4.29. The van der Waals surface area contributed by atoms with Gasteiger partial charge in [0.15, 0.2) is 0 Å². The monoisotopic (exact) mass is 366 g/mol. The first kappa shape index (κ1) is 17.8. The summed E-state index contributed by atoms with van der Waals surface area (Å²) in [5.41, 5.74) is 8.62. The van der Waals surface area contributed by atoms with Gasteiger partial charge in [0.25, 0.3) is 0 Å². The SMILES string of the molecule is CC(C)(C)OC(=O)N1C2CCC1C(c1cnc(N)c(-c3cccnc3)c1)C2. The van der Waals surface area contributed by atoms with Gasteiger partial charge in [-0.2, -0.15) is 0 Å². The molecule has 3 unspecified atom stereocenters. The van der Waals surface area contributed by atoms with Gasteiger partial charge in [0, 0.05) is 47.7 Å². The summed E-state index contributed by atoms with van der Waals surface area (Å²) < 4.78 is 5.64. The number of aromatic nitrogens is 2. The van der Waals surface area contributed by atoms with E-state index in [1.807, 2.05) is 44.0 Å². The largest absolute Gasteiger partial charge is 0.444 e. The van der Waals surface area contributed by atoms with E-state index >= 15 is 0 Å². The number of nitrogens with zero attached hydrogens (tertiary/aromatic N) is 3. The van der Waals surface area contributed by atoms with E-state index in [4.69, 9.17) is 10.5 Å². The molecule has 6 nitrogen and oxygen atoms in total. The average molecular weight is 366 g/mol. The van der Waals surface area contributed by atoms with Gasteiger partial charge in [0.1, 0.15) is 11.4 Å². The fourth-order valence-corrected chi connectivity index (χ4v) is 4.39. The molecule has 4 heterocycles. The van der Waals surface area contributed by atoms with E-state index in [0.29, 0.717) is 5.82 Å². The van der Waals surface area contributed by atoms with Gasteiger partial charge in [0.2, 0.25) is 0 Å². The summed E-state index contributed by atoms with van der Waals surface area (Å²) in [4.78, 5) is 23.3. The van der Waals surface area contributed by atoms with Crippen LogP contribution < -0.4 is 5.73 Å². The molecule has 2 aliphatic rings. The normalized spacial score (nSPS) is 24.3. The van der Waals surface area contributed by atoms with Crippen LogP contribution in [0.1, 0.15) is 51.5 Å². The zero-order valence-corrected chi connectivity index (χ0v) is 16.1. The lowest BCUT2D eigenvalue weighted by Gasteiger charge is -2.28. The third-order valence-corrected chi connectivity index (χ3v) is 5.48. The van der Waals surface area contributed by atoms with Crippen LogP contribution >= 0.6 is 0 Å². The van der Waals surface area contributed by atoms with Crippen LogP contribution in [0, 0.1) is 0 Å². The zero-order chi connectivity index (χ0) is 19.2. The quantitative estimate of drug-likeness (QED) is 0.869. The highest BCUT2D eigenvalue weighted by Gasteiger charge is 2.50. The van der Waals surface area contributed by atoms with Crippen LogP contribution in [0.3, 0.4) is 0 Å². The maximum Gasteiger partial charge on any atom is 0.410 e. The van der Waals surface area contributed by atoms with Crippen molar-refractivity contribution in [1.82, 2.24) is 14.9 Å². The highest BCUT2D eigenvalue weighted by Crippen LogP contribution is 2.47. The minimum absolute atomic E-state index is 0.164. The minimum atomic E-state index is -0.481. The molecule has 2 aromatic heterocycles. The first-order chi connectivity index (χ1) is 12.8. The van der Waals surface area contributed by atoms with Gasteiger partial charge in [-0.15, -0.1) is 0 Å². The van der Waals surface area contributed by atoms with Gasteiger partial charge in [-0.1, -0.05) is 6.07 Å². The fraction of sp³-hybridized carbons (Fsp3) is 0.476. The summed E-state index contributed by atoms with van der Waals surface area (Å²) in [6, 6.07) is 6.39. The molecule has 2 bridgehead atoms. The Hall–Kier alpha value is -2.63. The Bertz CT molecular complexity index is 847. The van der Waals surface area contributed by atoms with Crippen LogP contribution in [0.25, 0.3) is 11.1 Å². The fourth-order valence-electron chi connectivity index (χ4n) is 4.39. The van der Waals surface area contributed by atoms with Crippen LogP contribution in [-0.2, 0) is 4.74 Å². The molecule has 2 N–H and O–H groups in total. The topological polar surface area (TPSA) is 81.3 Å². The van der Waals surface area contributed by atoms with Crippen molar-refractivity contribution in [3.8, 4) is 11.1 Å². The van der Waals surface area contributed by atoms with Crippen molar-refractivity contribution in [1.29, 1.82) is 0 Å². The van der Waals surface area contributed by atoms with E-state index in [1.54, 1.807) is 12.4 Å². The van der Waals surface area contributed by atoms with Crippen LogP contribution in [-0.4, -0.2) is 38.6 Å². The molecule has 27 heavy (non-hydrogen) atoms. The molecule has 2 aromatic rings. The summed E-state index contributed by atoms with van der Waals surface area (Å²) in [7, 11) is 0. The van der Waals surface area contributed by atoms with Gasteiger partial charge in [-0.05, 0) is 57.7 Å². The van der Waals surface area contributed by atoms with E-state index in [-0.39, 0.29) is 24.1 Å². The molecule has 0 spiro atoms. The highest BCUT2D eigenvalue weighted by molar-refractivity contribution is 5.74. The van der Waals surface area contributed by atoms with Crippen molar-refractivity contribution in [2.75, 3.05) is 5.73 Å². The summed E-state index contributed by atoms with van der Waals surface area (Å²) >= 11 is 0. The predicted molar refractivity (Wildman–Crippen MR) is 104 cm³/mol. The summed E-state index contributed by atoms with van der Waals surface area (Å²) in [5, 5.41) is 0. The van der Waals surface area contributed by atoms with E-state index < -0.39 is 5.60 Å². The molecule has 2 saturated heterocycles. The Labute approximate surface area is 159 Å². The average Bonchev–Trinajstić information content (AvgIpc) is 3.20. The molecule has 6 heteroatoms. The first-order valence-corrected chi connectivity index (χ1v) is 9.50. The van der Waals surface area contributed by atoms with E-state index in [1.165, 1.54) is 0 Å². The molecule has 0 radical (unpaired) electrons. The van der Waals surface area contributed by atoms with Crippen molar-refractivity contribution in [2.45, 2.75) is 63.6 Å². The molecule has 4 rings (SSSR count). The number of hydrogen-bond acceptors (Lipinski definition) is 5. The molecular weight excluding hydrogens is 340 g/mol. The molecule has 1 amide bonds. The van der Waals surface area contributed by atoms with Gasteiger partial charge in [0.05, 0.1) is 0 Å². The number of pyridine rings is 2. The van der Waals surface area contributed by atoms with Crippen molar-refractivity contribution >= 4 is 11.9 Å². The third kappa shape index (κ3) is 3.36. The molecule has 0 aliphatic carbocycles. The van der Waals surface area contributed by atoms with Gasteiger partial charge in [-0.3, -0.25) is 4.98 Å². The van der Waals surface area contributed by atoms with Crippen molar-refractivity contribution in [3.63, 3.8) is 0 Å². The smallest absolute Gasteiger partial charge is 0.410 e. The second-order valence-corrected chi connectivity index (χ2v) is 8.47. The molecule has 142 valence electrons. The number of fused-ring (bicyclic) bond motifs is 2. The number of ether oxygens (including phenoxy) is 1. The predicted octanol–water partition coefficient (Wildman–Crippen LogP) is 3.98. The van der Waals surface area contributed by atoms with Gasteiger partial charge < -0.3 is 15.4 Å². The number of rotatable bonds is 2. The second kappa shape index (κ2) is 6.51. The standard InChI is InChI=1S/C21H26N4O2/c1-21(2,3)27-20(26)25-15-6-7-18(25)16(10-15)14-9-17(19(22)24-12-14)13-5-4-8-23-11-13/h4-5,8-9,11-12,15-16,18H,6-7,10H2,1-3H3,(H2,22,24). The zero-order valence-electron chi connectivity index (χ0n) is 16.1. The van der Waals surface area contributed by atoms with Crippen molar-refractivity contribution in [2.24, 2.45) is 0 Å². The van der Waals surface area contributed by atoms with Crippen molar-refractivity contribution in [3.05, 3.63) is 42.4 Å². The molecule has 2 aliphatic heterocycles. The summed E-state index contributed by atoms with van der Waals surface area (Å²) in [6.07, 6.45) is 8.18. The number of nitrogen functional groups attached to an aromatic ring is 1. The number of nitrogens with two attached hydrogens (primary N) is 1. The number of anilines is 1. The van der Waals surface area contributed by atoms with E-state index in [9.17, 15) is 4.79 Å². The molecule has 3 atom stereocenters.